The number of nitrogen functional groups attached to an aromatic ring is 1. The molecular weight excluding hydrogens is 461 g/mol. The lowest BCUT2D eigenvalue weighted by Crippen LogP contribution is -2.37. The third-order valence-electron chi connectivity index (χ3n) is 7.17. The van der Waals surface area contributed by atoms with Crippen LogP contribution in [-0.4, -0.2) is 30.5 Å². The first kappa shape index (κ1) is 23.0. The number of halogens is 3. The lowest BCUT2D eigenvalue weighted by molar-refractivity contribution is 0.0956. The van der Waals surface area contributed by atoms with Gasteiger partial charge in [-0.3, -0.25) is 4.79 Å². The Morgan fingerprint density at radius 1 is 1.18 bits per heavy atom. The molecule has 9 heteroatoms. The van der Waals surface area contributed by atoms with Gasteiger partial charge in [0, 0.05) is 37.0 Å². The maximum Gasteiger partial charge on any atom is 0.263 e. The molecule has 0 radical (unpaired) electrons. The molecule has 2 aliphatic rings. The van der Waals surface area contributed by atoms with E-state index < -0.39 is 29.3 Å². The fourth-order valence-corrected chi connectivity index (χ4v) is 6.32. The van der Waals surface area contributed by atoms with Gasteiger partial charge in [-0.1, -0.05) is 6.92 Å². The van der Waals surface area contributed by atoms with E-state index in [1.807, 2.05) is 4.90 Å². The number of rotatable bonds is 5. The van der Waals surface area contributed by atoms with E-state index in [9.17, 15) is 9.18 Å². The molecule has 34 heavy (non-hydrogen) atoms. The highest BCUT2D eigenvalue weighted by molar-refractivity contribution is 7.21. The summed E-state index contributed by atoms with van der Waals surface area (Å²) in [6.45, 7) is 4.91. The van der Waals surface area contributed by atoms with E-state index in [0.29, 0.717) is 27.7 Å². The molecule has 2 aromatic heterocycles. The Kier molecular flexibility index (Phi) is 5.91. The van der Waals surface area contributed by atoms with E-state index in [1.165, 1.54) is 24.6 Å². The molecule has 1 aliphatic carbocycles. The minimum absolute atomic E-state index is 0.0942. The third-order valence-corrected chi connectivity index (χ3v) is 8.28. The van der Waals surface area contributed by atoms with Crippen LogP contribution in [0.25, 0.3) is 10.2 Å². The molecule has 1 aromatic carbocycles. The van der Waals surface area contributed by atoms with E-state index in [1.54, 1.807) is 13.8 Å². The molecule has 3 heterocycles. The molecule has 3 N–H and O–H groups in total. The lowest BCUT2D eigenvalue weighted by atomic mass is 9.96. The van der Waals surface area contributed by atoms with Gasteiger partial charge in [-0.15, -0.1) is 11.3 Å². The average Bonchev–Trinajstić information content (AvgIpc) is 3.31. The van der Waals surface area contributed by atoms with Crippen molar-refractivity contribution in [2.24, 2.45) is 11.8 Å². The van der Waals surface area contributed by atoms with Gasteiger partial charge in [0.25, 0.3) is 5.91 Å². The van der Waals surface area contributed by atoms with Crippen molar-refractivity contribution in [2.75, 3.05) is 30.3 Å². The summed E-state index contributed by atoms with van der Waals surface area (Å²) in [6.07, 6.45) is 3.51. The zero-order chi connectivity index (χ0) is 24.1. The minimum atomic E-state index is -0.490. The smallest absolute Gasteiger partial charge is 0.263 e. The van der Waals surface area contributed by atoms with Crippen molar-refractivity contribution in [3.8, 4) is 0 Å². The van der Waals surface area contributed by atoms with Crippen LogP contribution in [0.4, 0.5) is 24.5 Å². The summed E-state index contributed by atoms with van der Waals surface area (Å²) < 4.78 is 43.9. The van der Waals surface area contributed by atoms with Gasteiger partial charge < -0.3 is 16.0 Å². The van der Waals surface area contributed by atoms with Gasteiger partial charge in [0.05, 0.1) is 17.1 Å². The SMILES string of the molecule is Cc1nc2sc(C(=O)NC[C@H](C)c3cc(F)c(N4CC5CCC(C5)C4)cc3F)c(N)c2cc1F. The summed E-state index contributed by atoms with van der Waals surface area (Å²) in [5, 5.41) is 3.13. The van der Waals surface area contributed by atoms with Gasteiger partial charge in [0.1, 0.15) is 27.2 Å². The van der Waals surface area contributed by atoms with Crippen molar-refractivity contribution in [3.05, 3.63) is 51.8 Å². The zero-order valence-electron chi connectivity index (χ0n) is 19.1. The maximum absolute atomic E-state index is 15.0. The Hall–Kier alpha value is -2.81. The Morgan fingerprint density at radius 2 is 1.88 bits per heavy atom. The van der Waals surface area contributed by atoms with Crippen LogP contribution in [0.2, 0.25) is 0 Å². The van der Waals surface area contributed by atoms with Crippen molar-refractivity contribution < 1.29 is 18.0 Å². The van der Waals surface area contributed by atoms with Gasteiger partial charge in [0.2, 0.25) is 0 Å². The van der Waals surface area contributed by atoms with Crippen LogP contribution in [0.15, 0.2) is 18.2 Å². The molecule has 180 valence electrons. The molecule has 5 nitrogen and oxygen atoms in total. The summed E-state index contributed by atoms with van der Waals surface area (Å²) in [5.41, 5.74) is 6.98. The van der Waals surface area contributed by atoms with Crippen LogP contribution in [0, 0.1) is 36.2 Å². The molecule has 1 amide bonds. The van der Waals surface area contributed by atoms with Crippen LogP contribution in [0.3, 0.4) is 0 Å². The fourth-order valence-electron chi connectivity index (χ4n) is 5.28. The summed E-state index contributed by atoms with van der Waals surface area (Å²) in [5.74, 6) is -1.19. The Morgan fingerprint density at radius 3 is 2.59 bits per heavy atom. The number of carbonyl (C=O) groups is 1. The molecule has 5 rings (SSSR count). The first-order valence-electron chi connectivity index (χ1n) is 11.6. The summed E-state index contributed by atoms with van der Waals surface area (Å²) in [4.78, 5) is 19.6. The number of carbonyl (C=O) groups excluding carboxylic acids is 1. The predicted molar refractivity (Wildman–Crippen MR) is 129 cm³/mol. The number of hydrogen-bond acceptors (Lipinski definition) is 5. The number of anilines is 2. The number of fused-ring (bicyclic) bond motifs is 3. The number of pyridine rings is 1. The zero-order valence-corrected chi connectivity index (χ0v) is 19.9. The largest absolute Gasteiger partial charge is 0.397 e. The van der Waals surface area contributed by atoms with Gasteiger partial charge >= 0.3 is 0 Å². The van der Waals surface area contributed by atoms with Crippen LogP contribution in [0.1, 0.15) is 53.0 Å². The van der Waals surface area contributed by atoms with Gasteiger partial charge in [-0.05, 0) is 55.7 Å². The first-order chi connectivity index (χ1) is 16.2. The van der Waals surface area contributed by atoms with Crippen molar-refractivity contribution in [2.45, 2.75) is 39.0 Å². The fraction of sp³-hybridized carbons (Fsp3) is 0.440. The Bertz CT molecular complexity index is 1270. The number of nitrogens with one attached hydrogen (secondary N) is 1. The highest BCUT2D eigenvalue weighted by Crippen LogP contribution is 2.39. The van der Waals surface area contributed by atoms with Gasteiger partial charge in [-0.25, -0.2) is 18.2 Å². The minimum Gasteiger partial charge on any atom is -0.397 e. The molecule has 2 unspecified atom stereocenters. The van der Waals surface area contributed by atoms with Crippen LogP contribution in [-0.2, 0) is 0 Å². The quantitative estimate of drug-likeness (QED) is 0.506. The standard InChI is InChI=1S/C25H27F3N4OS/c1-12(9-30-24(33)23-22(29)17-7-18(26)13(2)31-25(17)34-23)16-6-20(28)21(8-19(16)27)32-10-14-3-4-15(5-14)11-32/h6-8,12,14-15H,3-5,9-11,29H2,1-2H3,(H,30,33)/t12-,14?,15?/m0/s1. The van der Waals surface area contributed by atoms with Gasteiger partial charge in [-0.2, -0.15) is 0 Å². The topological polar surface area (TPSA) is 71.2 Å². The van der Waals surface area contributed by atoms with Crippen molar-refractivity contribution >= 4 is 38.8 Å². The first-order valence-corrected chi connectivity index (χ1v) is 12.4. The number of aryl methyl sites for hydroxylation is 1. The summed E-state index contributed by atoms with van der Waals surface area (Å²) in [6, 6.07) is 3.82. The molecule has 1 saturated heterocycles. The van der Waals surface area contributed by atoms with Crippen molar-refractivity contribution in [3.63, 3.8) is 0 Å². The molecule has 3 atom stereocenters. The number of nitrogens with zero attached hydrogens (tertiary/aromatic N) is 2. The number of hydrogen-bond donors (Lipinski definition) is 2. The number of nitrogens with two attached hydrogens (primary N) is 1. The molecular formula is C25H27F3N4OS. The maximum atomic E-state index is 15.0. The summed E-state index contributed by atoms with van der Waals surface area (Å²) >= 11 is 1.08. The second-order valence-electron chi connectivity index (χ2n) is 9.64. The number of amides is 1. The molecule has 2 bridgehead atoms. The average molecular weight is 489 g/mol. The molecule has 1 aliphatic heterocycles. The number of thiophene rings is 1. The molecule has 0 spiro atoms. The van der Waals surface area contributed by atoms with E-state index in [4.69, 9.17) is 5.73 Å². The molecule has 2 fully saturated rings. The highest BCUT2D eigenvalue weighted by Gasteiger charge is 2.34. The normalized spacial score (nSPS) is 20.7. The van der Waals surface area contributed by atoms with Crippen LogP contribution < -0.4 is 16.0 Å². The molecule has 3 aromatic rings. The van der Waals surface area contributed by atoms with E-state index in [0.717, 1.165) is 37.3 Å². The van der Waals surface area contributed by atoms with Crippen LogP contribution >= 0.6 is 11.3 Å². The van der Waals surface area contributed by atoms with Crippen molar-refractivity contribution in [1.82, 2.24) is 10.3 Å². The predicted octanol–water partition coefficient (Wildman–Crippen LogP) is 5.37. The van der Waals surface area contributed by atoms with E-state index in [2.05, 4.69) is 10.3 Å². The second kappa shape index (κ2) is 8.76. The number of benzene rings is 1. The highest BCUT2D eigenvalue weighted by atomic mass is 32.1. The van der Waals surface area contributed by atoms with Gasteiger partial charge in [0.15, 0.2) is 0 Å². The van der Waals surface area contributed by atoms with Crippen LogP contribution in [0.5, 0.6) is 0 Å². The summed E-state index contributed by atoms with van der Waals surface area (Å²) in [7, 11) is 0. The number of piperidine rings is 1. The van der Waals surface area contributed by atoms with E-state index in [-0.39, 0.29) is 28.4 Å². The van der Waals surface area contributed by atoms with E-state index >= 15 is 8.78 Å². The third kappa shape index (κ3) is 4.10. The Balaban J connectivity index is 1.29. The second-order valence-corrected chi connectivity index (χ2v) is 10.6. The Labute approximate surface area is 200 Å². The van der Waals surface area contributed by atoms with Crippen molar-refractivity contribution in [1.29, 1.82) is 0 Å². The lowest BCUT2D eigenvalue weighted by Gasteiger charge is -2.34. The molecule has 1 saturated carbocycles. The monoisotopic (exact) mass is 488 g/mol. The number of aromatic nitrogens is 1.